The van der Waals surface area contributed by atoms with Crippen molar-refractivity contribution < 1.29 is 9.21 Å². The number of hydrogen-bond donors (Lipinski definition) is 0. The van der Waals surface area contributed by atoms with Crippen molar-refractivity contribution in [3.8, 4) is 0 Å². The minimum absolute atomic E-state index is 0.0314. The van der Waals surface area contributed by atoms with Crippen molar-refractivity contribution in [1.29, 1.82) is 0 Å². The average Bonchev–Trinajstić information content (AvgIpc) is 3.35. The maximum absolute atomic E-state index is 12.7. The van der Waals surface area contributed by atoms with Crippen LogP contribution in [0.25, 0.3) is 0 Å². The summed E-state index contributed by atoms with van der Waals surface area (Å²) < 4.78 is 7.50. The van der Waals surface area contributed by atoms with Gasteiger partial charge in [-0.05, 0) is 23.8 Å². The number of aromatic nitrogens is 2. The van der Waals surface area contributed by atoms with E-state index in [9.17, 15) is 4.79 Å². The van der Waals surface area contributed by atoms with Crippen LogP contribution in [0.15, 0.2) is 65.3 Å². The molecule has 6 nitrogen and oxygen atoms in total. The first-order valence-electron chi connectivity index (χ1n) is 8.89. The third kappa shape index (κ3) is 3.86. The Morgan fingerprint density at radius 3 is 2.50 bits per heavy atom. The Kier molecular flexibility index (Phi) is 4.84. The lowest BCUT2D eigenvalue weighted by Gasteiger charge is -2.34. The molecule has 6 heteroatoms. The van der Waals surface area contributed by atoms with Gasteiger partial charge in [0.2, 0.25) is 0 Å². The van der Waals surface area contributed by atoms with Gasteiger partial charge in [-0.15, -0.1) is 0 Å². The first-order valence-corrected chi connectivity index (χ1v) is 8.89. The van der Waals surface area contributed by atoms with Crippen molar-refractivity contribution in [2.75, 3.05) is 26.2 Å². The van der Waals surface area contributed by atoms with Gasteiger partial charge in [0.25, 0.3) is 5.91 Å². The molecule has 4 rings (SSSR count). The zero-order valence-electron chi connectivity index (χ0n) is 14.6. The molecule has 1 aromatic carbocycles. The fraction of sp³-hybridized carbons (Fsp3) is 0.300. The molecule has 0 spiro atoms. The predicted octanol–water partition coefficient (Wildman–Crippen LogP) is 2.48. The number of furan rings is 1. The molecule has 3 aromatic rings. The van der Waals surface area contributed by atoms with Gasteiger partial charge < -0.3 is 9.32 Å². The average molecular weight is 350 g/mol. The summed E-state index contributed by atoms with van der Waals surface area (Å²) in [5, 5.41) is 4.15. The summed E-state index contributed by atoms with van der Waals surface area (Å²) in [5.74, 6) is 1.11. The molecule has 2 aromatic heterocycles. The maximum atomic E-state index is 12.7. The van der Waals surface area contributed by atoms with Crippen LogP contribution in [0.5, 0.6) is 0 Å². The molecule has 1 amide bonds. The zero-order valence-corrected chi connectivity index (χ0v) is 14.6. The lowest BCUT2D eigenvalue weighted by molar-refractivity contribution is 0.0596. The number of hydrogen-bond acceptors (Lipinski definition) is 4. The second-order valence-electron chi connectivity index (χ2n) is 6.52. The zero-order chi connectivity index (χ0) is 17.8. The summed E-state index contributed by atoms with van der Waals surface area (Å²) in [7, 11) is 0. The van der Waals surface area contributed by atoms with Crippen LogP contribution in [0.2, 0.25) is 0 Å². The molecular weight excluding hydrogens is 328 g/mol. The lowest BCUT2D eigenvalue weighted by atomic mass is 10.2. The molecule has 0 N–H and O–H groups in total. The van der Waals surface area contributed by atoms with Gasteiger partial charge in [-0.3, -0.25) is 14.4 Å². The van der Waals surface area contributed by atoms with Gasteiger partial charge in [0.15, 0.2) is 5.76 Å². The Bertz CT molecular complexity index is 834. The van der Waals surface area contributed by atoms with Gasteiger partial charge in [0, 0.05) is 45.1 Å². The molecule has 0 aliphatic carbocycles. The van der Waals surface area contributed by atoms with E-state index in [-0.39, 0.29) is 5.91 Å². The van der Waals surface area contributed by atoms with Gasteiger partial charge in [-0.1, -0.05) is 30.3 Å². The standard InChI is InChI=1S/C20H22N4O2/c25-20(19-8-7-18(26-19)16-24-10-4-9-21-24)23-13-11-22(12-14-23)15-17-5-2-1-3-6-17/h1-10H,11-16H2. The summed E-state index contributed by atoms with van der Waals surface area (Å²) in [5.41, 5.74) is 1.31. The molecule has 134 valence electrons. The van der Waals surface area contributed by atoms with E-state index in [0.29, 0.717) is 12.3 Å². The van der Waals surface area contributed by atoms with E-state index in [0.717, 1.165) is 38.5 Å². The van der Waals surface area contributed by atoms with Crippen molar-refractivity contribution in [3.05, 3.63) is 78.0 Å². The van der Waals surface area contributed by atoms with Gasteiger partial charge in [0.1, 0.15) is 5.76 Å². The first kappa shape index (κ1) is 16.6. The number of benzene rings is 1. The quantitative estimate of drug-likeness (QED) is 0.709. The van der Waals surface area contributed by atoms with Crippen molar-refractivity contribution in [3.63, 3.8) is 0 Å². The molecule has 0 saturated carbocycles. The third-order valence-electron chi connectivity index (χ3n) is 4.66. The van der Waals surface area contributed by atoms with Crippen LogP contribution >= 0.6 is 0 Å². The van der Waals surface area contributed by atoms with E-state index in [1.165, 1.54) is 5.56 Å². The Balaban J connectivity index is 1.31. The number of nitrogens with zero attached hydrogens (tertiary/aromatic N) is 4. The van der Waals surface area contributed by atoms with E-state index in [2.05, 4.69) is 34.3 Å². The Labute approximate surface area is 152 Å². The van der Waals surface area contributed by atoms with Crippen molar-refractivity contribution in [2.24, 2.45) is 0 Å². The van der Waals surface area contributed by atoms with Crippen LogP contribution < -0.4 is 0 Å². The fourth-order valence-electron chi connectivity index (χ4n) is 3.24. The van der Waals surface area contributed by atoms with E-state index in [1.54, 1.807) is 16.9 Å². The number of carbonyl (C=O) groups excluding carboxylic acids is 1. The number of rotatable bonds is 5. The van der Waals surface area contributed by atoms with Gasteiger partial charge in [-0.2, -0.15) is 5.10 Å². The Morgan fingerprint density at radius 1 is 0.962 bits per heavy atom. The minimum Gasteiger partial charge on any atom is -0.454 e. The molecule has 1 aliphatic rings. The highest BCUT2D eigenvalue weighted by atomic mass is 16.4. The molecule has 26 heavy (non-hydrogen) atoms. The van der Waals surface area contributed by atoms with Crippen LogP contribution in [-0.4, -0.2) is 51.7 Å². The molecular formula is C20H22N4O2. The highest BCUT2D eigenvalue weighted by Gasteiger charge is 2.24. The van der Waals surface area contributed by atoms with Gasteiger partial charge >= 0.3 is 0 Å². The molecule has 0 atom stereocenters. The van der Waals surface area contributed by atoms with Gasteiger partial charge in [0.05, 0.1) is 6.54 Å². The highest BCUT2D eigenvalue weighted by Crippen LogP contribution is 2.15. The summed E-state index contributed by atoms with van der Waals surface area (Å²) in [6.07, 6.45) is 3.60. The summed E-state index contributed by atoms with van der Waals surface area (Å²) in [4.78, 5) is 16.9. The normalized spacial score (nSPS) is 15.3. The fourth-order valence-corrected chi connectivity index (χ4v) is 3.24. The Hall–Kier alpha value is -2.86. The first-order chi connectivity index (χ1) is 12.8. The second-order valence-corrected chi connectivity index (χ2v) is 6.52. The van der Waals surface area contributed by atoms with Crippen LogP contribution in [0, 0.1) is 0 Å². The van der Waals surface area contributed by atoms with Crippen LogP contribution in [0.4, 0.5) is 0 Å². The van der Waals surface area contributed by atoms with E-state index in [1.807, 2.05) is 29.3 Å². The van der Waals surface area contributed by atoms with Crippen LogP contribution in [0.3, 0.4) is 0 Å². The number of carbonyl (C=O) groups is 1. The molecule has 1 saturated heterocycles. The van der Waals surface area contributed by atoms with Crippen molar-refractivity contribution >= 4 is 5.91 Å². The Morgan fingerprint density at radius 2 is 1.77 bits per heavy atom. The topological polar surface area (TPSA) is 54.5 Å². The second kappa shape index (κ2) is 7.58. The van der Waals surface area contributed by atoms with Crippen molar-refractivity contribution in [2.45, 2.75) is 13.1 Å². The lowest BCUT2D eigenvalue weighted by Crippen LogP contribution is -2.48. The molecule has 1 fully saturated rings. The summed E-state index contributed by atoms with van der Waals surface area (Å²) in [6.45, 7) is 4.66. The molecule has 0 bridgehead atoms. The number of piperazine rings is 1. The summed E-state index contributed by atoms with van der Waals surface area (Å²) >= 11 is 0. The van der Waals surface area contributed by atoms with Crippen LogP contribution in [-0.2, 0) is 13.1 Å². The molecule has 0 radical (unpaired) electrons. The number of amides is 1. The molecule has 3 heterocycles. The smallest absolute Gasteiger partial charge is 0.289 e. The van der Waals surface area contributed by atoms with Crippen molar-refractivity contribution in [1.82, 2.24) is 19.6 Å². The minimum atomic E-state index is -0.0314. The molecule has 0 unspecified atom stereocenters. The highest BCUT2D eigenvalue weighted by molar-refractivity contribution is 5.91. The monoisotopic (exact) mass is 350 g/mol. The SMILES string of the molecule is O=C(c1ccc(Cn2cccn2)o1)N1CCN(Cc2ccccc2)CC1. The van der Waals surface area contributed by atoms with Crippen LogP contribution in [0.1, 0.15) is 21.9 Å². The summed E-state index contributed by atoms with van der Waals surface area (Å²) in [6, 6.07) is 15.9. The van der Waals surface area contributed by atoms with E-state index >= 15 is 0 Å². The van der Waals surface area contributed by atoms with E-state index < -0.39 is 0 Å². The maximum Gasteiger partial charge on any atom is 0.289 e. The van der Waals surface area contributed by atoms with Gasteiger partial charge in [-0.25, -0.2) is 0 Å². The predicted molar refractivity (Wildman–Crippen MR) is 97.7 cm³/mol. The van der Waals surface area contributed by atoms with E-state index in [4.69, 9.17) is 4.42 Å². The third-order valence-corrected chi connectivity index (χ3v) is 4.66. The largest absolute Gasteiger partial charge is 0.454 e. The molecule has 1 aliphatic heterocycles.